The second-order valence-corrected chi connectivity index (χ2v) is 10.0. The lowest BCUT2D eigenvalue weighted by Crippen LogP contribution is -2.19. The lowest BCUT2D eigenvalue weighted by molar-refractivity contribution is 0.138. The minimum absolute atomic E-state index is 0.230. The van der Waals surface area contributed by atoms with Crippen molar-refractivity contribution in [3.8, 4) is 0 Å². The number of rotatable bonds is 10. The maximum absolute atomic E-state index is 10.5. The molecule has 0 unspecified atom stereocenters. The average Bonchev–Trinajstić information content (AvgIpc) is 3.16. The molecule has 2 N–H and O–H groups in total. The van der Waals surface area contributed by atoms with Crippen LogP contribution >= 0.6 is 0 Å². The number of hydrogen-bond donors (Lipinski definition) is 2. The molecule has 0 aromatic carbocycles. The summed E-state index contributed by atoms with van der Waals surface area (Å²) in [6, 6.07) is 0. The minimum atomic E-state index is -0.333. The van der Waals surface area contributed by atoms with E-state index in [-0.39, 0.29) is 18.1 Å². The Kier molecular flexibility index (Phi) is 8.62. The number of nitrogens with zero attached hydrogens (tertiary/aromatic N) is 1. The number of fused-ring (bicyclic) bond motifs is 1. The molecule has 0 radical (unpaired) electrons. The van der Waals surface area contributed by atoms with Crippen molar-refractivity contribution in [1.82, 2.24) is 4.90 Å². The van der Waals surface area contributed by atoms with Gasteiger partial charge in [-0.2, -0.15) is 0 Å². The van der Waals surface area contributed by atoms with Gasteiger partial charge in [-0.3, -0.25) is 0 Å². The molecule has 28 heavy (non-hydrogen) atoms. The highest BCUT2D eigenvalue weighted by molar-refractivity contribution is 5.21. The van der Waals surface area contributed by atoms with E-state index >= 15 is 0 Å². The molecule has 0 amide bonds. The smallest absolute Gasteiger partial charge is 0.0723 e. The first-order chi connectivity index (χ1) is 13.5. The zero-order chi connectivity index (χ0) is 19.9. The highest BCUT2D eigenvalue weighted by Crippen LogP contribution is 2.48. The lowest BCUT2D eigenvalue weighted by atomic mass is 9.84. The van der Waals surface area contributed by atoms with Crippen molar-refractivity contribution in [1.29, 1.82) is 0 Å². The first-order valence-electron chi connectivity index (χ1n) is 11.9. The summed E-state index contributed by atoms with van der Waals surface area (Å²) in [5.74, 6) is 2.04. The van der Waals surface area contributed by atoms with Crippen molar-refractivity contribution in [2.75, 3.05) is 20.6 Å². The molecule has 160 valence electrons. The highest BCUT2D eigenvalue weighted by atomic mass is 16.3. The Labute approximate surface area is 172 Å². The van der Waals surface area contributed by atoms with Gasteiger partial charge in [0.2, 0.25) is 0 Å². The van der Waals surface area contributed by atoms with E-state index in [2.05, 4.69) is 31.1 Å². The third-order valence-electron chi connectivity index (χ3n) is 7.41. The van der Waals surface area contributed by atoms with E-state index in [0.29, 0.717) is 17.8 Å². The predicted molar refractivity (Wildman–Crippen MR) is 117 cm³/mol. The molecule has 3 aliphatic carbocycles. The molecule has 0 bridgehead atoms. The van der Waals surface area contributed by atoms with E-state index in [0.717, 1.165) is 19.3 Å². The van der Waals surface area contributed by atoms with E-state index in [9.17, 15) is 10.2 Å². The van der Waals surface area contributed by atoms with Crippen LogP contribution in [0.3, 0.4) is 0 Å². The van der Waals surface area contributed by atoms with E-state index in [1.165, 1.54) is 64.3 Å². The van der Waals surface area contributed by atoms with Gasteiger partial charge in [-0.1, -0.05) is 62.3 Å². The van der Waals surface area contributed by atoms with Crippen LogP contribution in [-0.4, -0.2) is 48.0 Å². The average molecular weight is 390 g/mol. The molecular formula is C25H43NO2. The minimum Gasteiger partial charge on any atom is -0.392 e. The summed E-state index contributed by atoms with van der Waals surface area (Å²) in [4.78, 5) is 2.26. The van der Waals surface area contributed by atoms with Crippen molar-refractivity contribution in [2.45, 2.75) is 89.3 Å². The number of aliphatic hydroxyl groups excluding tert-OH is 2. The molecule has 3 heteroatoms. The van der Waals surface area contributed by atoms with Gasteiger partial charge in [0.25, 0.3) is 0 Å². The van der Waals surface area contributed by atoms with Crippen LogP contribution in [0.1, 0.15) is 77.0 Å². The first kappa shape index (κ1) is 22.1. The van der Waals surface area contributed by atoms with Gasteiger partial charge in [0.1, 0.15) is 0 Å². The molecule has 2 saturated carbocycles. The van der Waals surface area contributed by atoms with Gasteiger partial charge < -0.3 is 15.1 Å². The van der Waals surface area contributed by atoms with E-state index in [1.54, 1.807) is 5.57 Å². The second kappa shape index (κ2) is 10.9. The van der Waals surface area contributed by atoms with Gasteiger partial charge in [-0.25, -0.2) is 0 Å². The molecule has 5 atom stereocenters. The van der Waals surface area contributed by atoms with Crippen LogP contribution in [0.25, 0.3) is 0 Å². The maximum atomic E-state index is 10.5. The van der Waals surface area contributed by atoms with E-state index in [4.69, 9.17) is 0 Å². The molecule has 2 fully saturated rings. The Morgan fingerprint density at radius 3 is 2.68 bits per heavy atom. The highest BCUT2D eigenvalue weighted by Gasteiger charge is 2.43. The summed E-state index contributed by atoms with van der Waals surface area (Å²) in [7, 11) is 4.29. The number of aliphatic hydroxyl groups is 2. The van der Waals surface area contributed by atoms with Crippen molar-refractivity contribution < 1.29 is 10.2 Å². The zero-order valence-electron chi connectivity index (χ0n) is 18.2. The quantitative estimate of drug-likeness (QED) is 0.411. The normalized spacial score (nSPS) is 32.2. The Balaban J connectivity index is 1.42. The van der Waals surface area contributed by atoms with Crippen LogP contribution < -0.4 is 0 Å². The van der Waals surface area contributed by atoms with Gasteiger partial charge in [-0.15, -0.1) is 0 Å². The molecule has 0 spiro atoms. The van der Waals surface area contributed by atoms with Crippen molar-refractivity contribution >= 4 is 0 Å². The Bertz CT molecular complexity index is 521. The fourth-order valence-corrected chi connectivity index (χ4v) is 5.85. The Morgan fingerprint density at radius 1 is 1.14 bits per heavy atom. The summed E-state index contributed by atoms with van der Waals surface area (Å²) in [6.45, 7) is 1.19. The van der Waals surface area contributed by atoms with Gasteiger partial charge in [-0.05, 0) is 76.9 Å². The molecule has 3 rings (SSSR count). The van der Waals surface area contributed by atoms with Gasteiger partial charge in [0, 0.05) is 5.92 Å². The number of hydrogen-bond acceptors (Lipinski definition) is 3. The number of unbranched alkanes of at least 4 members (excludes halogenated alkanes) is 2. The van der Waals surface area contributed by atoms with Crippen molar-refractivity contribution in [2.24, 2.45) is 23.7 Å². The molecule has 0 aliphatic heterocycles. The fraction of sp³-hybridized carbons (Fsp3) is 0.840. The molecule has 0 saturated heterocycles. The number of allylic oxidation sites excluding steroid dienone is 2. The largest absolute Gasteiger partial charge is 0.392 e. The molecule has 3 nitrogen and oxygen atoms in total. The van der Waals surface area contributed by atoms with Crippen molar-refractivity contribution in [3.05, 3.63) is 23.8 Å². The van der Waals surface area contributed by atoms with Crippen molar-refractivity contribution in [3.63, 3.8) is 0 Å². The third kappa shape index (κ3) is 6.43. The first-order valence-corrected chi connectivity index (χ1v) is 11.9. The maximum Gasteiger partial charge on any atom is 0.0723 e. The zero-order valence-corrected chi connectivity index (χ0v) is 18.2. The molecule has 3 aliphatic rings. The topological polar surface area (TPSA) is 43.7 Å². The summed E-state index contributed by atoms with van der Waals surface area (Å²) >= 11 is 0. The third-order valence-corrected chi connectivity index (χ3v) is 7.41. The van der Waals surface area contributed by atoms with Gasteiger partial charge in [0.05, 0.1) is 12.2 Å². The summed E-state index contributed by atoms with van der Waals surface area (Å²) in [5, 5.41) is 21.0. The summed E-state index contributed by atoms with van der Waals surface area (Å²) in [5.41, 5.74) is 1.62. The summed E-state index contributed by atoms with van der Waals surface area (Å²) in [6.07, 6.45) is 20.8. The molecule has 0 aromatic rings. The molecule has 0 aromatic heterocycles. The Morgan fingerprint density at radius 2 is 1.93 bits per heavy atom. The van der Waals surface area contributed by atoms with E-state index < -0.39 is 0 Å². The predicted octanol–water partition coefficient (Wildman–Crippen LogP) is 4.94. The fourth-order valence-electron chi connectivity index (χ4n) is 5.85. The van der Waals surface area contributed by atoms with E-state index in [1.807, 2.05) is 6.08 Å². The van der Waals surface area contributed by atoms with Gasteiger partial charge >= 0.3 is 0 Å². The van der Waals surface area contributed by atoms with Crippen LogP contribution in [0.2, 0.25) is 0 Å². The van der Waals surface area contributed by atoms with Crippen LogP contribution in [0.4, 0.5) is 0 Å². The standard InChI is InChI=1S/C25H43NO2/c1-26(2)14-8-4-7-11-20-15-21-18-25(28)23(24(21)17-20)13-12-22(27)16-19-9-5-3-6-10-19/h12-13,15,19,21-25,27-28H,3-11,14,16-18H2,1-2H3/b13-12+/t21-,22+,23+,24-,25+/m0/s1. The van der Waals surface area contributed by atoms with Crippen LogP contribution in [-0.2, 0) is 0 Å². The van der Waals surface area contributed by atoms with Crippen LogP contribution in [0.15, 0.2) is 23.8 Å². The molecular weight excluding hydrogens is 346 g/mol. The monoisotopic (exact) mass is 389 g/mol. The SMILES string of the molecule is CN(C)CCCCCC1=C[C@H]2C[C@@H](O)[C@H](/C=C/[C@@H](O)CC3CCCCC3)[C@H]2C1. The van der Waals surface area contributed by atoms with Crippen LogP contribution in [0.5, 0.6) is 0 Å². The lowest BCUT2D eigenvalue weighted by Gasteiger charge is -2.23. The van der Waals surface area contributed by atoms with Gasteiger partial charge in [0.15, 0.2) is 0 Å². The van der Waals surface area contributed by atoms with Crippen LogP contribution in [0, 0.1) is 23.7 Å². The summed E-state index contributed by atoms with van der Waals surface area (Å²) < 4.78 is 0. The Hall–Kier alpha value is -0.640. The second-order valence-electron chi connectivity index (χ2n) is 10.0. The molecule has 0 heterocycles.